The Morgan fingerprint density at radius 3 is 2.61 bits per heavy atom. The van der Waals surface area contributed by atoms with Crippen LogP contribution in [0, 0.1) is 0 Å². The normalized spacial score (nSPS) is 10.2. The van der Waals surface area contributed by atoms with Crippen LogP contribution in [0.25, 0.3) is 0 Å². The minimum absolute atomic E-state index is 0.238. The first-order valence-electron chi connectivity index (χ1n) is 5.21. The summed E-state index contributed by atoms with van der Waals surface area (Å²) in [4.78, 5) is 15.0. The summed E-state index contributed by atoms with van der Waals surface area (Å²) in [7, 11) is 0. The van der Waals surface area contributed by atoms with E-state index < -0.39 is 5.97 Å². The molecule has 0 amide bonds. The standard InChI is InChI=1S/C12H11N3O2S/c13-10(18)11-14-5-6-15(11)7-8-1-3-9(4-2-8)12(16)17/h1-6H,7H2,(H2,13,18)(H,16,17). The number of hydrogen-bond acceptors (Lipinski definition) is 3. The van der Waals surface area contributed by atoms with Crippen molar-refractivity contribution in [2.24, 2.45) is 5.73 Å². The highest BCUT2D eigenvalue weighted by Crippen LogP contribution is 2.08. The number of thiocarbonyl (C=S) groups is 1. The summed E-state index contributed by atoms with van der Waals surface area (Å²) in [5.41, 5.74) is 6.76. The molecule has 92 valence electrons. The van der Waals surface area contributed by atoms with Gasteiger partial charge in [0.1, 0.15) is 4.99 Å². The van der Waals surface area contributed by atoms with Crippen molar-refractivity contribution in [2.75, 3.05) is 0 Å². The van der Waals surface area contributed by atoms with Gasteiger partial charge in [0.05, 0.1) is 5.56 Å². The molecule has 0 aliphatic carbocycles. The van der Waals surface area contributed by atoms with Crippen LogP contribution in [-0.2, 0) is 6.54 Å². The van der Waals surface area contributed by atoms with Gasteiger partial charge in [-0.05, 0) is 17.7 Å². The van der Waals surface area contributed by atoms with E-state index in [1.165, 1.54) is 0 Å². The predicted molar refractivity (Wildman–Crippen MR) is 70.6 cm³/mol. The number of hydrogen-bond donors (Lipinski definition) is 2. The van der Waals surface area contributed by atoms with Gasteiger partial charge in [0.2, 0.25) is 0 Å². The number of rotatable bonds is 4. The van der Waals surface area contributed by atoms with Crippen LogP contribution in [0.2, 0.25) is 0 Å². The van der Waals surface area contributed by atoms with Gasteiger partial charge in [-0.2, -0.15) is 0 Å². The fourth-order valence-corrected chi connectivity index (χ4v) is 1.78. The zero-order valence-corrected chi connectivity index (χ0v) is 10.2. The Kier molecular flexibility index (Phi) is 3.38. The quantitative estimate of drug-likeness (QED) is 0.810. The maximum absolute atomic E-state index is 10.7. The van der Waals surface area contributed by atoms with Gasteiger partial charge in [0.25, 0.3) is 0 Å². The van der Waals surface area contributed by atoms with Crippen LogP contribution >= 0.6 is 12.2 Å². The largest absolute Gasteiger partial charge is 0.478 e. The van der Waals surface area contributed by atoms with E-state index in [4.69, 9.17) is 23.1 Å². The van der Waals surface area contributed by atoms with Crippen molar-refractivity contribution in [2.45, 2.75) is 6.54 Å². The Bertz CT molecular complexity index is 590. The van der Waals surface area contributed by atoms with Crippen molar-refractivity contribution < 1.29 is 9.90 Å². The van der Waals surface area contributed by atoms with Crippen LogP contribution in [-0.4, -0.2) is 25.6 Å². The zero-order chi connectivity index (χ0) is 13.1. The first-order valence-corrected chi connectivity index (χ1v) is 5.62. The second kappa shape index (κ2) is 4.97. The summed E-state index contributed by atoms with van der Waals surface area (Å²) >= 11 is 4.89. The minimum atomic E-state index is -0.937. The van der Waals surface area contributed by atoms with Gasteiger partial charge >= 0.3 is 5.97 Å². The summed E-state index contributed by atoms with van der Waals surface area (Å²) in [5.74, 6) is -0.389. The molecule has 1 aromatic heterocycles. The number of nitrogens with zero attached hydrogens (tertiary/aromatic N) is 2. The highest BCUT2D eigenvalue weighted by Gasteiger charge is 2.07. The molecule has 0 fully saturated rings. The second-order valence-corrected chi connectivity index (χ2v) is 4.18. The molecule has 0 saturated heterocycles. The van der Waals surface area contributed by atoms with Crippen molar-refractivity contribution in [3.63, 3.8) is 0 Å². The molecule has 5 nitrogen and oxygen atoms in total. The van der Waals surface area contributed by atoms with Gasteiger partial charge < -0.3 is 15.4 Å². The van der Waals surface area contributed by atoms with Crippen molar-refractivity contribution in [1.29, 1.82) is 0 Å². The Morgan fingerprint density at radius 1 is 1.39 bits per heavy atom. The molecule has 18 heavy (non-hydrogen) atoms. The monoisotopic (exact) mass is 261 g/mol. The van der Waals surface area contributed by atoms with Crippen LogP contribution in [0.1, 0.15) is 21.7 Å². The predicted octanol–water partition coefficient (Wildman–Crippen LogP) is 1.26. The van der Waals surface area contributed by atoms with Gasteiger partial charge in [-0.15, -0.1) is 0 Å². The summed E-state index contributed by atoms with van der Waals surface area (Å²) in [6.07, 6.45) is 3.40. The summed E-state index contributed by atoms with van der Waals surface area (Å²) < 4.78 is 1.82. The first kappa shape index (κ1) is 12.3. The van der Waals surface area contributed by atoms with Gasteiger partial charge in [-0.1, -0.05) is 24.4 Å². The van der Waals surface area contributed by atoms with E-state index in [0.29, 0.717) is 12.4 Å². The lowest BCUT2D eigenvalue weighted by molar-refractivity contribution is 0.0697. The van der Waals surface area contributed by atoms with Crippen molar-refractivity contribution in [3.8, 4) is 0 Å². The fourth-order valence-electron chi connectivity index (χ4n) is 1.61. The van der Waals surface area contributed by atoms with Crippen molar-refractivity contribution in [3.05, 3.63) is 53.6 Å². The number of aromatic carboxylic acids is 1. The molecule has 0 aliphatic rings. The van der Waals surface area contributed by atoms with E-state index in [-0.39, 0.29) is 10.6 Å². The number of carbonyl (C=O) groups is 1. The molecule has 2 aromatic rings. The van der Waals surface area contributed by atoms with Gasteiger partial charge in [-0.25, -0.2) is 9.78 Å². The summed E-state index contributed by atoms with van der Waals surface area (Å²) in [6, 6.07) is 6.64. The fraction of sp³-hybridized carbons (Fsp3) is 0.0833. The first-order chi connectivity index (χ1) is 8.58. The topological polar surface area (TPSA) is 81.1 Å². The highest BCUT2D eigenvalue weighted by molar-refractivity contribution is 7.80. The molecular formula is C12H11N3O2S. The van der Waals surface area contributed by atoms with E-state index >= 15 is 0 Å². The molecule has 0 atom stereocenters. The molecule has 0 unspecified atom stereocenters. The average Bonchev–Trinajstić information content (AvgIpc) is 2.78. The van der Waals surface area contributed by atoms with Gasteiger partial charge in [0, 0.05) is 18.9 Å². The summed E-state index contributed by atoms with van der Waals surface area (Å²) in [5, 5.41) is 8.80. The number of nitrogens with two attached hydrogens (primary N) is 1. The molecule has 0 aliphatic heterocycles. The average molecular weight is 261 g/mol. The van der Waals surface area contributed by atoms with Crippen LogP contribution in [0.4, 0.5) is 0 Å². The molecule has 1 heterocycles. The maximum Gasteiger partial charge on any atom is 0.335 e. The van der Waals surface area contributed by atoms with E-state index in [1.807, 2.05) is 4.57 Å². The van der Waals surface area contributed by atoms with Gasteiger partial charge in [-0.3, -0.25) is 0 Å². The Hall–Kier alpha value is -2.21. The van der Waals surface area contributed by atoms with Gasteiger partial charge in [0.15, 0.2) is 5.82 Å². The van der Waals surface area contributed by atoms with Crippen LogP contribution in [0.15, 0.2) is 36.7 Å². The number of carboxylic acid groups (broad SMARTS) is 1. The molecule has 1 aromatic carbocycles. The SMILES string of the molecule is NC(=S)c1nccn1Cc1ccc(C(=O)O)cc1. The van der Waals surface area contributed by atoms with E-state index in [9.17, 15) is 4.79 Å². The summed E-state index contributed by atoms with van der Waals surface area (Å²) in [6.45, 7) is 0.548. The van der Waals surface area contributed by atoms with Crippen molar-refractivity contribution in [1.82, 2.24) is 9.55 Å². The molecule has 0 spiro atoms. The Morgan fingerprint density at radius 2 is 2.06 bits per heavy atom. The molecule has 0 bridgehead atoms. The highest BCUT2D eigenvalue weighted by atomic mass is 32.1. The number of aromatic nitrogens is 2. The molecule has 2 rings (SSSR count). The van der Waals surface area contributed by atoms with Crippen molar-refractivity contribution >= 4 is 23.2 Å². The van der Waals surface area contributed by atoms with Crippen LogP contribution in [0.5, 0.6) is 0 Å². The van der Waals surface area contributed by atoms with E-state index in [2.05, 4.69) is 4.98 Å². The lowest BCUT2D eigenvalue weighted by Gasteiger charge is -2.07. The maximum atomic E-state index is 10.7. The lowest BCUT2D eigenvalue weighted by atomic mass is 10.1. The molecule has 0 radical (unpaired) electrons. The lowest BCUT2D eigenvalue weighted by Crippen LogP contribution is -2.17. The minimum Gasteiger partial charge on any atom is -0.478 e. The number of carboxylic acids is 1. The number of benzene rings is 1. The smallest absolute Gasteiger partial charge is 0.335 e. The Labute approximate surface area is 109 Å². The number of imidazole rings is 1. The third-order valence-corrected chi connectivity index (χ3v) is 2.67. The molecule has 3 N–H and O–H groups in total. The third-order valence-electron chi connectivity index (χ3n) is 2.49. The second-order valence-electron chi connectivity index (χ2n) is 3.75. The molecule has 0 saturated carbocycles. The Balaban J connectivity index is 2.21. The third kappa shape index (κ3) is 2.54. The van der Waals surface area contributed by atoms with E-state index in [1.54, 1.807) is 36.7 Å². The zero-order valence-electron chi connectivity index (χ0n) is 9.41. The van der Waals surface area contributed by atoms with Crippen LogP contribution < -0.4 is 5.73 Å². The van der Waals surface area contributed by atoms with E-state index in [0.717, 1.165) is 5.56 Å². The molecular weight excluding hydrogens is 250 g/mol. The molecule has 6 heteroatoms. The van der Waals surface area contributed by atoms with Crippen LogP contribution in [0.3, 0.4) is 0 Å².